The molecule has 0 aliphatic heterocycles. The fourth-order valence-electron chi connectivity index (χ4n) is 1.21. The molecule has 18 heavy (non-hydrogen) atoms. The van der Waals surface area contributed by atoms with Crippen LogP contribution in [0.2, 0.25) is 0 Å². The third-order valence-electron chi connectivity index (χ3n) is 2.19. The monoisotopic (exact) mass is 259 g/mol. The van der Waals surface area contributed by atoms with Crippen LogP contribution in [0.5, 0.6) is 0 Å². The molecular weight excluding hydrogens is 234 g/mol. The molecule has 0 aliphatic carbocycles. The molecule has 5 heteroatoms. The van der Waals surface area contributed by atoms with E-state index in [2.05, 4.69) is 5.32 Å². The lowest BCUT2D eigenvalue weighted by molar-refractivity contribution is -0.124. The Morgan fingerprint density at radius 2 is 1.78 bits per heavy atom. The minimum absolute atomic E-state index is 0.0541. The second kappa shape index (κ2) is 11.2. The smallest absolute Gasteiger partial charge is 0.220 e. The highest BCUT2D eigenvalue weighted by Crippen LogP contribution is 1.97. The van der Waals surface area contributed by atoms with E-state index in [1.54, 1.807) is 0 Å². The summed E-state index contributed by atoms with van der Waals surface area (Å²) in [6.45, 7) is 7.81. The van der Waals surface area contributed by atoms with E-state index in [9.17, 15) is 9.59 Å². The van der Waals surface area contributed by atoms with Gasteiger partial charge in [0.2, 0.25) is 5.91 Å². The summed E-state index contributed by atoms with van der Waals surface area (Å²) in [6, 6.07) is 0. The standard InChI is InChI=1S/C13H25NO4/c1-4-12(15)10-18-8-7-17-6-5-14-13(16)9-11(2)3/h11H,4-10H2,1-3H3,(H,14,16). The molecule has 0 aromatic rings. The predicted octanol–water partition coefficient (Wildman–Crippen LogP) is 1.16. The molecule has 0 aliphatic rings. The average Bonchev–Trinajstić information content (AvgIpc) is 2.31. The molecule has 0 spiro atoms. The van der Waals surface area contributed by atoms with E-state index >= 15 is 0 Å². The number of hydrogen-bond donors (Lipinski definition) is 1. The highest BCUT2D eigenvalue weighted by molar-refractivity contribution is 5.79. The van der Waals surface area contributed by atoms with Crippen molar-refractivity contribution in [2.45, 2.75) is 33.6 Å². The van der Waals surface area contributed by atoms with Crippen molar-refractivity contribution in [3.63, 3.8) is 0 Å². The summed E-state index contributed by atoms with van der Waals surface area (Å²) in [5.41, 5.74) is 0. The summed E-state index contributed by atoms with van der Waals surface area (Å²) in [5, 5.41) is 2.77. The van der Waals surface area contributed by atoms with Gasteiger partial charge in [0, 0.05) is 19.4 Å². The first-order valence-electron chi connectivity index (χ1n) is 6.50. The maximum atomic E-state index is 11.3. The lowest BCUT2D eigenvalue weighted by atomic mass is 10.1. The molecule has 0 saturated heterocycles. The van der Waals surface area contributed by atoms with Crippen molar-refractivity contribution in [2.24, 2.45) is 5.92 Å². The molecule has 1 amide bonds. The van der Waals surface area contributed by atoms with Crippen LogP contribution in [0.1, 0.15) is 33.6 Å². The first-order chi connectivity index (χ1) is 8.56. The van der Waals surface area contributed by atoms with Gasteiger partial charge in [0.1, 0.15) is 6.61 Å². The van der Waals surface area contributed by atoms with Crippen molar-refractivity contribution in [1.29, 1.82) is 0 Å². The molecule has 0 radical (unpaired) electrons. The molecule has 0 rings (SSSR count). The van der Waals surface area contributed by atoms with Crippen molar-refractivity contribution in [1.82, 2.24) is 5.32 Å². The summed E-state index contributed by atoms with van der Waals surface area (Å²) in [6.07, 6.45) is 1.05. The fraction of sp³-hybridized carbons (Fsp3) is 0.846. The first kappa shape index (κ1) is 17.1. The highest BCUT2D eigenvalue weighted by Gasteiger charge is 2.03. The number of hydrogen-bond acceptors (Lipinski definition) is 4. The van der Waals surface area contributed by atoms with Crippen molar-refractivity contribution in [3.8, 4) is 0 Å². The number of ketones is 1. The van der Waals surface area contributed by atoms with Gasteiger partial charge in [0.15, 0.2) is 5.78 Å². The largest absolute Gasteiger partial charge is 0.377 e. The third-order valence-corrected chi connectivity index (χ3v) is 2.19. The van der Waals surface area contributed by atoms with E-state index < -0.39 is 0 Å². The van der Waals surface area contributed by atoms with Gasteiger partial charge in [-0.05, 0) is 5.92 Å². The van der Waals surface area contributed by atoms with Gasteiger partial charge < -0.3 is 14.8 Å². The molecule has 0 heterocycles. The highest BCUT2D eigenvalue weighted by atomic mass is 16.5. The number of carbonyl (C=O) groups excluding carboxylic acids is 2. The van der Waals surface area contributed by atoms with Crippen LogP contribution in [0.15, 0.2) is 0 Å². The van der Waals surface area contributed by atoms with Gasteiger partial charge in [0.05, 0.1) is 19.8 Å². The van der Waals surface area contributed by atoms with Crippen molar-refractivity contribution >= 4 is 11.7 Å². The Morgan fingerprint density at radius 1 is 1.11 bits per heavy atom. The van der Waals surface area contributed by atoms with Gasteiger partial charge in [-0.3, -0.25) is 9.59 Å². The van der Waals surface area contributed by atoms with E-state index in [-0.39, 0.29) is 18.3 Å². The molecule has 0 atom stereocenters. The van der Waals surface area contributed by atoms with Crippen LogP contribution in [0.4, 0.5) is 0 Å². The Hall–Kier alpha value is -0.940. The second-order valence-electron chi connectivity index (χ2n) is 4.51. The van der Waals surface area contributed by atoms with Crippen LogP contribution in [0.25, 0.3) is 0 Å². The Morgan fingerprint density at radius 3 is 2.39 bits per heavy atom. The van der Waals surface area contributed by atoms with Crippen molar-refractivity contribution < 1.29 is 19.1 Å². The quantitative estimate of drug-likeness (QED) is 0.566. The maximum absolute atomic E-state index is 11.3. The number of nitrogens with one attached hydrogen (secondary N) is 1. The number of amides is 1. The molecule has 0 fully saturated rings. The van der Waals surface area contributed by atoms with Crippen LogP contribution < -0.4 is 5.32 Å². The number of rotatable bonds is 11. The number of carbonyl (C=O) groups is 2. The molecule has 0 aromatic heterocycles. The molecular formula is C13H25NO4. The van der Waals surface area contributed by atoms with E-state index in [1.165, 1.54) is 0 Å². The Bertz CT molecular complexity index is 241. The first-order valence-corrected chi connectivity index (χ1v) is 6.50. The van der Waals surface area contributed by atoms with Gasteiger partial charge in [-0.15, -0.1) is 0 Å². The second-order valence-corrected chi connectivity index (χ2v) is 4.51. The van der Waals surface area contributed by atoms with E-state index in [4.69, 9.17) is 9.47 Å². The summed E-state index contributed by atoms with van der Waals surface area (Å²) < 4.78 is 10.4. The Kier molecular flexibility index (Phi) is 10.6. The van der Waals surface area contributed by atoms with Crippen LogP contribution in [0, 0.1) is 5.92 Å². The SMILES string of the molecule is CCC(=O)COCCOCCNC(=O)CC(C)C. The number of Topliss-reactive ketones (excluding diaryl/α,β-unsaturated/α-hetero) is 1. The minimum atomic E-state index is 0.0541. The molecule has 0 saturated carbocycles. The molecule has 0 bridgehead atoms. The van der Waals surface area contributed by atoms with Crippen LogP contribution in [-0.2, 0) is 19.1 Å². The summed E-state index contributed by atoms with van der Waals surface area (Å²) in [5.74, 6) is 0.518. The van der Waals surface area contributed by atoms with Gasteiger partial charge in [0.25, 0.3) is 0 Å². The van der Waals surface area contributed by atoms with E-state index in [1.807, 2.05) is 20.8 Å². The summed E-state index contributed by atoms with van der Waals surface area (Å²) in [7, 11) is 0. The van der Waals surface area contributed by atoms with Gasteiger partial charge in [-0.25, -0.2) is 0 Å². The fourth-order valence-corrected chi connectivity index (χ4v) is 1.21. The zero-order valence-corrected chi connectivity index (χ0v) is 11.7. The van der Waals surface area contributed by atoms with E-state index in [0.29, 0.717) is 45.1 Å². The number of ether oxygens (including phenoxy) is 2. The molecule has 0 aromatic carbocycles. The van der Waals surface area contributed by atoms with Gasteiger partial charge >= 0.3 is 0 Å². The van der Waals surface area contributed by atoms with Crippen LogP contribution in [0.3, 0.4) is 0 Å². The van der Waals surface area contributed by atoms with Crippen molar-refractivity contribution in [3.05, 3.63) is 0 Å². The zero-order valence-electron chi connectivity index (χ0n) is 11.7. The molecule has 1 N–H and O–H groups in total. The summed E-state index contributed by atoms with van der Waals surface area (Å²) in [4.78, 5) is 22.2. The van der Waals surface area contributed by atoms with Crippen LogP contribution in [-0.4, -0.2) is 44.7 Å². The maximum Gasteiger partial charge on any atom is 0.220 e. The lowest BCUT2D eigenvalue weighted by Gasteiger charge is -2.08. The molecule has 0 unspecified atom stereocenters. The van der Waals surface area contributed by atoms with Crippen molar-refractivity contribution in [2.75, 3.05) is 33.0 Å². The Balaban J connectivity index is 3.21. The van der Waals surface area contributed by atoms with E-state index in [0.717, 1.165) is 0 Å². The summed E-state index contributed by atoms with van der Waals surface area (Å²) >= 11 is 0. The predicted molar refractivity (Wildman–Crippen MR) is 69.4 cm³/mol. The Labute approximate surface area is 109 Å². The van der Waals surface area contributed by atoms with Crippen LogP contribution >= 0.6 is 0 Å². The minimum Gasteiger partial charge on any atom is -0.377 e. The normalized spacial score (nSPS) is 10.7. The third kappa shape index (κ3) is 11.5. The zero-order chi connectivity index (χ0) is 13.8. The topological polar surface area (TPSA) is 64.6 Å². The average molecular weight is 259 g/mol. The van der Waals surface area contributed by atoms with Gasteiger partial charge in [-0.1, -0.05) is 20.8 Å². The van der Waals surface area contributed by atoms with Gasteiger partial charge in [-0.2, -0.15) is 0 Å². The molecule has 5 nitrogen and oxygen atoms in total. The lowest BCUT2D eigenvalue weighted by Crippen LogP contribution is -2.28. The molecule has 106 valence electrons.